The molecule has 138 valence electrons. The van der Waals surface area contributed by atoms with Crippen LogP contribution < -0.4 is 0 Å². The number of nitrogens with zero attached hydrogens (tertiary/aromatic N) is 2. The van der Waals surface area contributed by atoms with Gasteiger partial charge in [0.05, 0.1) is 11.7 Å². The van der Waals surface area contributed by atoms with Crippen LogP contribution in [0.3, 0.4) is 0 Å². The number of pyridine rings is 1. The van der Waals surface area contributed by atoms with Crippen molar-refractivity contribution in [1.82, 2.24) is 9.88 Å². The number of hydrogen-bond donors (Lipinski definition) is 0. The van der Waals surface area contributed by atoms with Gasteiger partial charge >= 0.3 is 0 Å². The molecule has 0 aliphatic carbocycles. The third-order valence-corrected chi connectivity index (χ3v) is 5.41. The lowest BCUT2D eigenvalue weighted by atomic mass is 10.0. The smallest absolute Gasteiger partial charge is 0.254 e. The van der Waals surface area contributed by atoms with Gasteiger partial charge in [-0.25, -0.2) is 0 Å². The lowest BCUT2D eigenvalue weighted by molar-refractivity contribution is 0.0752. The number of thioether (sulfide) groups is 1. The Morgan fingerprint density at radius 3 is 2.33 bits per heavy atom. The number of aromatic nitrogens is 1. The summed E-state index contributed by atoms with van der Waals surface area (Å²) in [6, 6.07) is 23.5. The molecular weight excluding hydrogens is 352 g/mol. The number of hydrogen-bond acceptors (Lipinski definition) is 3. The zero-order chi connectivity index (χ0) is 19.1. The van der Waals surface area contributed by atoms with Gasteiger partial charge in [0.1, 0.15) is 0 Å². The third kappa shape index (κ3) is 4.77. The van der Waals surface area contributed by atoms with Crippen molar-refractivity contribution < 1.29 is 4.79 Å². The van der Waals surface area contributed by atoms with E-state index in [1.165, 1.54) is 5.56 Å². The second kappa shape index (κ2) is 9.38. The summed E-state index contributed by atoms with van der Waals surface area (Å²) in [5, 5.41) is 0. The van der Waals surface area contributed by atoms with Gasteiger partial charge in [0.2, 0.25) is 0 Å². The molecule has 2 aromatic carbocycles. The van der Waals surface area contributed by atoms with Gasteiger partial charge in [-0.2, -0.15) is 11.8 Å². The second-order valence-corrected chi connectivity index (χ2v) is 7.59. The van der Waals surface area contributed by atoms with Crippen LogP contribution in [0, 0.1) is 0 Å². The molecule has 1 atom stereocenters. The van der Waals surface area contributed by atoms with E-state index in [-0.39, 0.29) is 11.9 Å². The fourth-order valence-corrected chi connectivity index (χ4v) is 3.68. The van der Waals surface area contributed by atoms with E-state index in [0.717, 1.165) is 22.8 Å². The minimum Gasteiger partial charge on any atom is -0.329 e. The van der Waals surface area contributed by atoms with Crippen molar-refractivity contribution >= 4 is 17.7 Å². The van der Waals surface area contributed by atoms with Crippen molar-refractivity contribution in [3.8, 4) is 0 Å². The molecule has 27 heavy (non-hydrogen) atoms. The lowest BCUT2D eigenvalue weighted by Crippen LogP contribution is -2.32. The van der Waals surface area contributed by atoms with E-state index >= 15 is 0 Å². The van der Waals surface area contributed by atoms with Gasteiger partial charge < -0.3 is 4.90 Å². The molecule has 4 heteroatoms. The van der Waals surface area contributed by atoms with Gasteiger partial charge in [-0.15, -0.1) is 0 Å². The minimum absolute atomic E-state index is 0.01000. The predicted octanol–water partition coefficient (Wildman–Crippen LogP) is 5.20. The molecule has 1 unspecified atom stereocenters. The van der Waals surface area contributed by atoms with Gasteiger partial charge in [-0.1, -0.05) is 55.5 Å². The summed E-state index contributed by atoms with van der Waals surface area (Å²) in [7, 11) is 1.84. The van der Waals surface area contributed by atoms with E-state index in [2.05, 4.69) is 11.9 Å². The van der Waals surface area contributed by atoms with Gasteiger partial charge in [-0.05, 0) is 41.1 Å². The highest BCUT2D eigenvalue weighted by atomic mass is 32.2. The van der Waals surface area contributed by atoms with E-state index in [1.807, 2.05) is 91.6 Å². The summed E-state index contributed by atoms with van der Waals surface area (Å²) in [6.07, 6.45) is 1.77. The molecule has 0 aliphatic rings. The van der Waals surface area contributed by atoms with E-state index < -0.39 is 0 Å². The average molecular weight is 377 g/mol. The SMILES string of the molecule is CCSCc1ccc(C(=O)N(C)C(c2ccccc2)c2ccccn2)cc1. The van der Waals surface area contributed by atoms with Crippen LogP contribution in [0.1, 0.15) is 40.1 Å². The summed E-state index contributed by atoms with van der Waals surface area (Å²) >= 11 is 1.88. The molecule has 1 heterocycles. The fourth-order valence-electron chi connectivity index (χ4n) is 3.05. The summed E-state index contributed by atoms with van der Waals surface area (Å²) in [4.78, 5) is 19.4. The van der Waals surface area contributed by atoms with Crippen LogP contribution in [0.25, 0.3) is 0 Å². The maximum absolute atomic E-state index is 13.2. The van der Waals surface area contributed by atoms with Crippen LogP contribution in [0.15, 0.2) is 79.0 Å². The molecule has 0 fully saturated rings. The number of carbonyl (C=O) groups is 1. The van der Waals surface area contributed by atoms with E-state index in [4.69, 9.17) is 0 Å². The van der Waals surface area contributed by atoms with Crippen LogP contribution in [-0.4, -0.2) is 28.6 Å². The van der Waals surface area contributed by atoms with Crippen molar-refractivity contribution in [2.75, 3.05) is 12.8 Å². The molecule has 1 aromatic heterocycles. The summed E-state index contributed by atoms with van der Waals surface area (Å²) in [5.41, 5.74) is 3.84. The monoisotopic (exact) mass is 376 g/mol. The molecule has 3 aromatic rings. The van der Waals surface area contributed by atoms with Crippen molar-refractivity contribution in [3.63, 3.8) is 0 Å². The Balaban J connectivity index is 1.87. The van der Waals surface area contributed by atoms with Crippen molar-refractivity contribution in [2.45, 2.75) is 18.7 Å². The van der Waals surface area contributed by atoms with Gasteiger partial charge in [-0.3, -0.25) is 9.78 Å². The number of rotatable bonds is 7. The van der Waals surface area contributed by atoms with Crippen molar-refractivity contribution in [1.29, 1.82) is 0 Å². The standard InChI is InChI=1S/C23H24N2OS/c1-3-27-17-18-12-14-20(15-13-18)23(26)25(2)22(19-9-5-4-6-10-19)21-11-7-8-16-24-21/h4-16,22H,3,17H2,1-2H3. The van der Waals surface area contributed by atoms with Gasteiger partial charge in [0, 0.05) is 24.6 Å². The van der Waals surface area contributed by atoms with E-state index in [1.54, 1.807) is 11.1 Å². The summed E-state index contributed by atoms with van der Waals surface area (Å²) in [5.74, 6) is 2.05. The Hall–Kier alpha value is -2.59. The molecule has 0 N–H and O–H groups in total. The Bertz CT molecular complexity index is 811. The van der Waals surface area contributed by atoms with E-state index in [9.17, 15) is 4.79 Å². The highest BCUT2D eigenvalue weighted by Gasteiger charge is 2.25. The van der Waals surface area contributed by atoms with Crippen LogP contribution in [0.5, 0.6) is 0 Å². The molecule has 0 saturated carbocycles. The van der Waals surface area contributed by atoms with Crippen LogP contribution in [-0.2, 0) is 5.75 Å². The minimum atomic E-state index is -0.227. The first kappa shape index (κ1) is 19.2. The van der Waals surface area contributed by atoms with Crippen LogP contribution in [0.2, 0.25) is 0 Å². The van der Waals surface area contributed by atoms with Gasteiger partial charge in [0.25, 0.3) is 5.91 Å². The zero-order valence-electron chi connectivity index (χ0n) is 15.7. The molecule has 3 nitrogen and oxygen atoms in total. The number of amides is 1. The van der Waals surface area contributed by atoms with Crippen molar-refractivity contribution in [3.05, 3.63) is 101 Å². The maximum atomic E-state index is 13.2. The summed E-state index contributed by atoms with van der Waals surface area (Å²) < 4.78 is 0. The largest absolute Gasteiger partial charge is 0.329 e. The quantitative estimate of drug-likeness (QED) is 0.568. The predicted molar refractivity (Wildman–Crippen MR) is 113 cm³/mol. The normalized spacial score (nSPS) is 11.8. The molecule has 1 amide bonds. The third-order valence-electron chi connectivity index (χ3n) is 4.46. The first-order valence-corrected chi connectivity index (χ1v) is 10.3. The zero-order valence-corrected chi connectivity index (χ0v) is 16.5. The fraction of sp³-hybridized carbons (Fsp3) is 0.217. The molecular formula is C23H24N2OS. The molecule has 0 aliphatic heterocycles. The average Bonchev–Trinajstić information content (AvgIpc) is 2.74. The summed E-state index contributed by atoms with van der Waals surface area (Å²) in [6.45, 7) is 2.15. The molecule has 3 rings (SSSR count). The maximum Gasteiger partial charge on any atom is 0.254 e. The van der Waals surface area contributed by atoms with Gasteiger partial charge in [0.15, 0.2) is 0 Å². The number of carbonyl (C=O) groups excluding carboxylic acids is 1. The molecule has 0 spiro atoms. The first-order valence-electron chi connectivity index (χ1n) is 9.10. The molecule has 0 saturated heterocycles. The number of benzene rings is 2. The molecule has 0 bridgehead atoms. The Morgan fingerprint density at radius 1 is 1.00 bits per heavy atom. The van der Waals surface area contributed by atoms with Crippen LogP contribution >= 0.6 is 11.8 Å². The van der Waals surface area contributed by atoms with E-state index in [0.29, 0.717) is 5.56 Å². The topological polar surface area (TPSA) is 33.2 Å². The lowest BCUT2D eigenvalue weighted by Gasteiger charge is -2.28. The van der Waals surface area contributed by atoms with Crippen molar-refractivity contribution in [2.24, 2.45) is 0 Å². The first-order chi connectivity index (χ1) is 13.2. The highest BCUT2D eigenvalue weighted by molar-refractivity contribution is 7.98. The Labute approximate surface area is 165 Å². The Kier molecular flexibility index (Phi) is 6.66. The van der Waals surface area contributed by atoms with Crippen LogP contribution in [0.4, 0.5) is 0 Å². The Morgan fingerprint density at radius 2 is 1.70 bits per heavy atom. The highest BCUT2D eigenvalue weighted by Crippen LogP contribution is 2.27. The molecule has 0 radical (unpaired) electrons. The second-order valence-electron chi connectivity index (χ2n) is 6.32.